The largest absolute Gasteiger partial charge is 0.176 e. The van der Waals surface area contributed by atoms with Crippen LogP contribution in [-0.2, 0) is 0 Å². The van der Waals surface area contributed by atoms with Gasteiger partial charge < -0.3 is 0 Å². The van der Waals surface area contributed by atoms with Crippen LogP contribution in [0.5, 0.6) is 0 Å². The maximum absolute atomic E-state index is 4.54. The standard InChI is InChI=1S/C12H24S/c1-4-6-9-12(13)10-7-8-11(3)5-2/h7-8,11-13H,4-6,9-10H2,1-3H3/b8-7-. The molecule has 0 aromatic rings. The summed E-state index contributed by atoms with van der Waals surface area (Å²) >= 11 is 4.54. The zero-order valence-corrected chi connectivity index (χ0v) is 10.2. The highest BCUT2D eigenvalue weighted by molar-refractivity contribution is 7.80. The molecule has 2 atom stereocenters. The maximum Gasteiger partial charge on any atom is 0.00513 e. The third-order valence-electron chi connectivity index (χ3n) is 2.41. The van der Waals surface area contributed by atoms with E-state index in [1.165, 1.54) is 25.7 Å². The fourth-order valence-corrected chi connectivity index (χ4v) is 1.47. The molecule has 0 aliphatic rings. The molecule has 0 nitrogen and oxygen atoms in total. The van der Waals surface area contributed by atoms with Crippen LogP contribution >= 0.6 is 12.6 Å². The summed E-state index contributed by atoms with van der Waals surface area (Å²) in [6, 6.07) is 0. The van der Waals surface area contributed by atoms with Crippen LogP contribution in [-0.4, -0.2) is 5.25 Å². The van der Waals surface area contributed by atoms with Gasteiger partial charge in [0.05, 0.1) is 0 Å². The number of allylic oxidation sites excluding steroid dienone is 2. The van der Waals surface area contributed by atoms with E-state index in [9.17, 15) is 0 Å². The average Bonchev–Trinajstić information content (AvgIpc) is 2.14. The molecule has 0 aromatic heterocycles. The van der Waals surface area contributed by atoms with Gasteiger partial charge in [-0.15, -0.1) is 0 Å². The number of hydrogen-bond donors (Lipinski definition) is 1. The highest BCUT2D eigenvalue weighted by atomic mass is 32.1. The van der Waals surface area contributed by atoms with E-state index in [0.29, 0.717) is 5.25 Å². The van der Waals surface area contributed by atoms with Crippen molar-refractivity contribution >= 4 is 12.6 Å². The second-order valence-corrected chi connectivity index (χ2v) is 4.58. The molecule has 0 aromatic carbocycles. The molecule has 0 radical (unpaired) electrons. The molecular weight excluding hydrogens is 176 g/mol. The van der Waals surface area contributed by atoms with Gasteiger partial charge >= 0.3 is 0 Å². The Morgan fingerprint density at radius 2 is 2.00 bits per heavy atom. The molecule has 0 aliphatic heterocycles. The van der Waals surface area contributed by atoms with Gasteiger partial charge in [0.25, 0.3) is 0 Å². The molecule has 0 saturated carbocycles. The van der Waals surface area contributed by atoms with Gasteiger partial charge in [0.2, 0.25) is 0 Å². The molecule has 2 unspecified atom stereocenters. The van der Waals surface area contributed by atoms with E-state index in [1.807, 2.05) is 0 Å². The molecule has 13 heavy (non-hydrogen) atoms. The molecule has 0 rings (SSSR count). The third kappa shape index (κ3) is 8.42. The van der Waals surface area contributed by atoms with Crippen LogP contribution < -0.4 is 0 Å². The minimum atomic E-state index is 0.570. The monoisotopic (exact) mass is 200 g/mol. The Morgan fingerprint density at radius 1 is 1.31 bits per heavy atom. The van der Waals surface area contributed by atoms with E-state index in [-0.39, 0.29) is 0 Å². The van der Waals surface area contributed by atoms with E-state index >= 15 is 0 Å². The van der Waals surface area contributed by atoms with Crippen molar-refractivity contribution in [3.63, 3.8) is 0 Å². The molecule has 1 heteroatoms. The molecule has 0 amide bonds. The summed E-state index contributed by atoms with van der Waals surface area (Å²) in [6.45, 7) is 6.72. The molecule has 0 aliphatic carbocycles. The van der Waals surface area contributed by atoms with E-state index in [1.54, 1.807) is 0 Å². The molecule has 0 fully saturated rings. The first-order valence-electron chi connectivity index (χ1n) is 5.55. The van der Waals surface area contributed by atoms with Crippen molar-refractivity contribution in [1.82, 2.24) is 0 Å². The first-order valence-corrected chi connectivity index (χ1v) is 6.07. The lowest BCUT2D eigenvalue weighted by atomic mass is 10.1. The second-order valence-electron chi connectivity index (χ2n) is 3.85. The molecule has 0 bridgehead atoms. The van der Waals surface area contributed by atoms with Crippen molar-refractivity contribution in [2.24, 2.45) is 5.92 Å². The summed E-state index contributed by atoms with van der Waals surface area (Å²) < 4.78 is 0. The molecule has 0 N–H and O–H groups in total. The Kier molecular flexibility index (Phi) is 8.74. The summed E-state index contributed by atoms with van der Waals surface area (Å²) in [7, 11) is 0. The smallest absolute Gasteiger partial charge is 0.00513 e. The number of hydrogen-bond acceptors (Lipinski definition) is 1. The molecule has 0 saturated heterocycles. The minimum Gasteiger partial charge on any atom is -0.176 e. The van der Waals surface area contributed by atoms with Gasteiger partial charge in [-0.05, 0) is 18.8 Å². The normalized spacial score (nSPS) is 16.3. The van der Waals surface area contributed by atoms with Gasteiger partial charge in [0.1, 0.15) is 0 Å². The van der Waals surface area contributed by atoms with Crippen molar-refractivity contribution in [2.75, 3.05) is 0 Å². The van der Waals surface area contributed by atoms with Crippen LogP contribution in [0.4, 0.5) is 0 Å². The predicted molar refractivity (Wildman–Crippen MR) is 65.5 cm³/mol. The second kappa shape index (κ2) is 8.68. The SMILES string of the molecule is CCCCC(S)C/C=C\C(C)CC. The van der Waals surface area contributed by atoms with E-state index < -0.39 is 0 Å². The van der Waals surface area contributed by atoms with Crippen LogP contribution in [0.15, 0.2) is 12.2 Å². The van der Waals surface area contributed by atoms with Crippen molar-refractivity contribution in [3.05, 3.63) is 12.2 Å². The van der Waals surface area contributed by atoms with Gasteiger partial charge in [-0.1, -0.05) is 52.2 Å². The molecule has 78 valence electrons. The molecule has 0 heterocycles. The lowest BCUT2D eigenvalue weighted by Crippen LogP contribution is -1.96. The molecular formula is C12H24S. The Hall–Kier alpha value is 0.0900. The van der Waals surface area contributed by atoms with Crippen LogP contribution in [0.3, 0.4) is 0 Å². The van der Waals surface area contributed by atoms with Crippen molar-refractivity contribution < 1.29 is 0 Å². The first-order chi connectivity index (χ1) is 6.20. The minimum absolute atomic E-state index is 0.570. The van der Waals surface area contributed by atoms with Gasteiger partial charge in [-0.25, -0.2) is 0 Å². The van der Waals surface area contributed by atoms with E-state index in [4.69, 9.17) is 0 Å². The van der Waals surface area contributed by atoms with Crippen LogP contribution in [0.1, 0.15) is 52.9 Å². The maximum atomic E-state index is 4.54. The summed E-state index contributed by atoms with van der Waals surface area (Å²) in [5, 5.41) is 0.570. The Bertz CT molecular complexity index is 129. The topological polar surface area (TPSA) is 0 Å². The summed E-state index contributed by atoms with van der Waals surface area (Å²) in [5.41, 5.74) is 0. The first kappa shape index (κ1) is 13.1. The fraction of sp³-hybridized carbons (Fsp3) is 0.833. The summed E-state index contributed by atoms with van der Waals surface area (Å²) in [5.74, 6) is 0.728. The number of thiol groups is 1. The third-order valence-corrected chi connectivity index (χ3v) is 2.88. The summed E-state index contributed by atoms with van der Waals surface area (Å²) in [4.78, 5) is 0. The lowest BCUT2D eigenvalue weighted by molar-refractivity contribution is 0.675. The molecule has 0 spiro atoms. The quantitative estimate of drug-likeness (QED) is 0.455. The highest BCUT2D eigenvalue weighted by Gasteiger charge is 1.99. The van der Waals surface area contributed by atoms with Crippen molar-refractivity contribution in [2.45, 2.75) is 58.1 Å². The Balaban J connectivity index is 3.44. The van der Waals surface area contributed by atoms with Gasteiger partial charge in [0, 0.05) is 5.25 Å². The number of rotatable bonds is 7. The van der Waals surface area contributed by atoms with Crippen molar-refractivity contribution in [1.29, 1.82) is 0 Å². The van der Waals surface area contributed by atoms with Gasteiger partial charge in [-0.3, -0.25) is 0 Å². The van der Waals surface area contributed by atoms with Crippen LogP contribution in [0, 0.1) is 5.92 Å². The van der Waals surface area contributed by atoms with E-state index in [2.05, 4.69) is 45.6 Å². The number of unbranched alkanes of at least 4 members (excludes halogenated alkanes) is 1. The zero-order chi connectivity index (χ0) is 10.1. The average molecular weight is 200 g/mol. The Labute approximate surface area is 89.2 Å². The van der Waals surface area contributed by atoms with E-state index in [0.717, 1.165) is 12.3 Å². The lowest BCUT2D eigenvalue weighted by Gasteiger charge is -2.06. The van der Waals surface area contributed by atoms with Crippen LogP contribution in [0.2, 0.25) is 0 Å². The van der Waals surface area contributed by atoms with Crippen molar-refractivity contribution in [3.8, 4) is 0 Å². The van der Waals surface area contributed by atoms with Gasteiger partial charge in [-0.2, -0.15) is 12.6 Å². The highest BCUT2D eigenvalue weighted by Crippen LogP contribution is 2.12. The predicted octanol–water partition coefficient (Wildman–Crippen LogP) is 4.47. The summed E-state index contributed by atoms with van der Waals surface area (Å²) in [6.07, 6.45) is 10.8. The fourth-order valence-electron chi connectivity index (χ4n) is 1.16. The van der Waals surface area contributed by atoms with Crippen LogP contribution in [0.25, 0.3) is 0 Å². The Morgan fingerprint density at radius 3 is 2.54 bits per heavy atom. The van der Waals surface area contributed by atoms with Gasteiger partial charge in [0.15, 0.2) is 0 Å². The zero-order valence-electron chi connectivity index (χ0n) is 9.29.